The molecule has 0 aliphatic carbocycles. The minimum atomic E-state index is -1.57. The molecule has 0 spiro atoms. The van der Waals surface area contributed by atoms with Gasteiger partial charge in [-0.3, -0.25) is 10.2 Å². The lowest BCUT2D eigenvalue weighted by atomic mass is 10.00. The summed E-state index contributed by atoms with van der Waals surface area (Å²) in [7, 11) is 0. The molecule has 1 aromatic carbocycles. The van der Waals surface area contributed by atoms with Gasteiger partial charge in [0, 0.05) is 17.6 Å². The van der Waals surface area contributed by atoms with E-state index in [2.05, 4.69) is 5.43 Å². The summed E-state index contributed by atoms with van der Waals surface area (Å²) in [6.07, 6.45) is 2.96. The number of carbonyl (C=O) groups excluding carboxylic acids is 1. The Bertz CT molecular complexity index is 488. The summed E-state index contributed by atoms with van der Waals surface area (Å²) in [5.41, 5.74) is 2.42. The first-order valence-electron chi connectivity index (χ1n) is 6.64. The lowest BCUT2D eigenvalue weighted by Crippen LogP contribution is -2.54. The van der Waals surface area contributed by atoms with Gasteiger partial charge in [0.05, 0.1) is 0 Å². The number of nitrogens with zero attached hydrogens (tertiary/aromatic N) is 1. The molecule has 0 saturated carbocycles. The Morgan fingerprint density at radius 1 is 1.15 bits per heavy atom. The van der Waals surface area contributed by atoms with Crippen molar-refractivity contribution in [2.24, 2.45) is 0 Å². The standard InChI is InChI=1S/C14H17F3N2O/c1-8-4-3-5-9(2)19(8)18-14(20)10-6-11(15)13(17)12(16)7-10/h6-9H,3-5H2,1-2H3,(H,18,20). The highest BCUT2D eigenvalue weighted by atomic mass is 19.2. The molecular formula is C14H17F3N2O. The van der Waals surface area contributed by atoms with Crippen LogP contribution in [0.5, 0.6) is 0 Å². The fraction of sp³-hybridized carbons (Fsp3) is 0.500. The maximum Gasteiger partial charge on any atom is 0.265 e. The summed E-state index contributed by atoms with van der Waals surface area (Å²) >= 11 is 0. The average molecular weight is 286 g/mol. The Hall–Kier alpha value is -1.56. The first-order chi connectivity index (χ1) is 9.40. The van der Waals surface area contributed by atoms with Crippen molar-refractivity contribution in [2.75, 3.05) is 0 Å². The quantitative estimate of drug-likeness (QED) is 0.848. The SMILES string of the molecule is CC1CCCC(C)N1NC(=O)c1cc(F)c(F)c(F)c1. The van der Waals surface area contributed by atoms with Crippen LogP contribution < -0.4 is 5.43 Å². The molecular weight excluding hydrogens is 269 g/mol. The van der Waals surface area contributed by atoms with E-state index in [-0.39, 0.29) is 17.6 Å². The van der Waals surface area contributed by atoms with Gasteiger partial charge in [-0.05, 0) is 38.8 Å². The third kappa shape index (κ3) is 2.95. The van der Waals surface area contributed by atoms with Crippen LogP contribution in [0.2, 0.25) is 0 Å². The third-order valence-corrected chi connectivity index (χ3v) is 3.67. The maximum absolute atomic E-state index is 13.1. The lowest BCUT2D eigenvalue weighted by Gasteiger charge is -2.38. The predicted molar refractivity (Wildman–Crippen MR) is 68.4 cm³/mol. The minimum absolute atomic E-state index is 0.151. The largest absolute Gasteiger partial charge is 0.284 e. The molecule has 20 heavy (non-hydrogen) atoms. The monoisotopic (exact) mass is 286 g/mol. The summed E-state index contributed by atoms with van der Waals surface area (Å²) in [5, 5.41) is 1.78. The van der Waals surface area contributed by atoms with Gasteiger partial charge in [0.15, 0.2) is 17.5 Å². The van der Waals surface area contributed by atoms with Crippen molar-refractivity contribution in [2.45, 2.75) is 45.2 Å². The maximum atomic E-state index is 13.1. The van der Waals surface area contributed by atoms with E-state index >= 15 is 0 Å². The molecule has 1 fully saturated rings. The van der Waals surface area contributed by atoms with Gasteiger partial charge in [0.1, 0.15) is 0 Å². The van der Waals surface area contributed by atoms with Crippen LogP contribution in [0, 0.1) is 17.5 Å². The van der Waals surface area contributed by atoms with Crippen molar-refractivity contribution in [1.29, 1.82) is 0 Å². The van der Waals surface area contributed by atoms with Gasteiger partial charge >= 0.3 is 0 Å². The number of nitrogens with one attached hydrogen (secondary N) is 1. The molecule has 0 aromatic heterocycles. The fourth-order valence-corrected chi connectivity index (χ4v) is 2.51. The van der Waals surface area contributed by atoms with Gasteiger partial charge in [0.25, 0.3) is 5.91 Å². The van der Waals surface area contributed by atoms with E-state index in [4.69, 9.17) is 0 Å². The highest BCUT2D eigenvalue weighted by molar-refractivity contribution is 5.93. The molecule has 110 valence electrons. The van der Waals surface area contributed by atoms with Crippen LogP contribution in [0.15, 0.2) is 12.1 Å². The number of piperidine rings is 1. The molecule has 2 unspecified atom stereocenters. The lowest BCUT2D eigenvalue weighted by molar-refractivity contribution is 0.0369. The number of carbonyl (C=O) groups is 1. The summed E-state index contributed by atoms with van der Waals surface area (Å²) in [6, 6.07) is 1.70. The van der Waals surface area contributed by atoms with E-state index in [1.54, 1.807) is 5.01 Å². The molecule has 1 aliphatic rings. The summed E-state index contributed by atoms with van der Waals surface area (Å²) in [6.45, 7) is 3.95. The Labute approximate surface area is 115 Å². The van der Waals surface area contributed by atoms with E-state index in [0.717, 1.165) is 19.3 Å². The molecule has 6 heteroatoms. The summed E-state index contributed by atoms with van der Waals surface area (Å²) < 4.78 is 39.1. The summed E-state index contributed by atoms with van der Waals surface area (Å²) in [4.78, 5) is 12.0. The van der Waals surface area contributed by atoms with Crippen LogP contribution in [-0.4, -0.2) is 23.0 Å². The molecule has 3 nitrogen and oxygen atoms in total. The molecule has 2 rings (SSSR count). The fourth-order valence-electron chi connectivity index (χ4n) is 2.51. The zero-order valence-corrected chi connectivity index (χ0v) is 11.4. The van der Waals surface area contributed by atoms with Crippen molar-refractivity contribution in [3.63, 3.8) is 0 Å². The van der Waals surface area contributed by atoms with Gasteiger partial charge in [0.2, 0.25) is 0 Å². The zero-order chi connectivity index (χ0) is 14.9. The number of benzene rings is 1. The molecule has 2 atom stereocenters. The van der Waals surface area contributed by atoms with Gasteiger partial charge in [-0.15, -0.1) is 0 Å². The van der Waals surface area contributed by atoms with Crippen LogP contribution in [0.4, 0.5) is 13.2 Å². The van der Waals surface area contributed by atoms with Crippen LogP contribution in [-0.2, 0) is 0 Å². The van der Waals surface area contributed by atoms with Crippen LogP contribution >= 0.6 is 0 Å². The molecule has 1 aliphatic heterocycles. The first-order valence-corrected chi connectivity index (χ1v) is 6.64. The number of hydrazine groups is 1. The zero-order valence-electron chi connectivity index (χ0n) is 11.4. The number of hydrogen-bond acceptors (Lipinski definition) is 2. The second kappa shape index (κ2) is 5.83. The van der Waals surface area contributed by atoms with Crippen molar-refractivity contribution in [3.05, 3.63) is 35.1 Å². The number of amides is 1. The second-order valence-corrected chi connectivity index (χ2v) is 5.23. The van der Waals surface area contributed by atoms with Crippen molar-refractivity contribution in [3.8, 4) is 0 Å². The van der Waals surface area contributed by atoms with E-state index in [1.165, 1.54) is 0 Å². The molecule has 1 aromatic rings. The normalized spacial score (nSPS) is 23.6. The Morgan fingerprint density at radius 2 is 1.65 bits per heavy atom. The number of hydrogen-bond donors (Lipinski definition) is 1. The smallest absolute Gasteiger partial charge is 0.265 e. The highest BCUT2D eigenvalue weighted by Crippen LogP contribution is 2.21. The molecule has 0 radical (unpaired) electrons. The van der Waals surface area contributed by atoms with Crippen LogP contribution in [0.25, 0.3) is 0 Å². The van der Waals surface area contributed by atoms with E-state index < -0.39 is 23.4 Å². The van der Waals surface area contributed by atoms with Crippen molar-refractivity contribution >= 4 is 5.91 Å². The average Bonchev–Trinajstić information content (AvgIpc) is 2.39. The van der Waals surface area contributed by atoms with Crippen LogP contribution in [0.3, 0.4) is 0 Å². The third-order valence-electron chi connectivity index (χ3n) is 3.67. The number of rotatable bonds is 2. The van der Waals surface area contributed by atoms with Crippen LogP contribution in [0.1, 0.15) is 43.5 Å². The highest BCUT2D eigenvalue weighted by Gasteiger charge is 2.27. The topological polar surface area (TPSA) is 32.3 Å². The predicted octanol–water partition coefficient (Wildman–Crippen LogP) is 3.01. The first kappa shape index (κ1) is 14.8. The molecule has 1 heterocycles. The Kier molecular flexibility index (Phi) is 4.32. The number of halogens is 3. The second-order valence-electron chi connectivity index (χ2n) is 5.23. The minimum Gasteiger partial charge on any atom is -0.284 e. The van der Waals surface area contributed by atoms with E-state index in [9.17, 15) is 18.0 Å². The van der Waals surface area contributed by atoms with E-state index in [0.29, 0.717) is 12.1 Å². The molecule has 1 saturated heterocycles. The molecule has 1 N–H and O–H groups in total. The van der Waals surface area contributed by atoms with E-state index in [1.807, 2.05) is 13.8 Å². The van der Waals surface area contributed by atoms with Crippen molar-refractivity contribution in [1.82, 2.24) is 10.4 Å². The Balaban J connectivity index is 2.15. The Morgan fingerprint density at radius 3 is 2.15 bits per heavy atom. The molecule has 0 bridgehead atoms. The summed E-state index contributed by atoms with van der Waals surface area (Å²) in [5.74, 6) is -4.94. The van der Waals surface area contributed by atoms with Gasteiger partial charge in [-0.25, -0.2) is 18.2 Å². The van der Waals surface area contributed by atoms with Gasteiger partial charge in [-0.1, -0.05) is 6.42 Å². The van der Waals surface area contributed by atoms with Crippen molar-refractivity contribution < 1.29 is 18.0 Å². The molecule has 1 amide bonds. The van der Waals surface area contributed by atoms with Gasteiger partial charge in [-0.2, -0.15) is 0 Å². The van der Waals surface area contributed by atoms with Gasteiger partial charge < -0.3 is 0 Å².